The first-order chi connectivity index (χ1) is 9.67. The first kappa shape index (κ1) is 14.3. The van der Waals surface area contributed by atoms with Crippen LogP contribution in [0.2, 0.25) is 0 Å². The summed E-state index contributed by atoms with van der Waals surface area (Å²) in [6.07, 6.45) is 2.08. The molecule has 0 fully saturated rings. The Hall–Kier alpha value is -2.08. The van der Waals surface area contributed by atoms with Gasteiger partial charge in [0.2, 0.25) is 5.95 Å². The lowest BCUT2D eigenvalue weighted by atomic mass is 10.1. The fraction of sp³-hybridized carbons (Fsp3) is 0.429. The third kappa shape index (κ3) is 4.24. The van der Waals surface area contributed by atoms with E-state index in [0.29, 0.717) is 12.6 Å². The Labute approximate surface area is 118 Å². The average Bonchev–Trinajstić information content (AvgIpc) is 2.89. The number of nitrogens with two attached hydrogens (primary N) is 1. The Morgan fingerprint density at radius 1 is 1.35 bits per heavy atom. The van der Waals surface area contributed by atoms with Gasteiger partial charge in [0.15, 0.2) is 0 Å². The molecule has 6 nitrogen and oxygen atoms in total. The van der Waals surface area contributed by atoms with Crippen LogP contribution < -0.4 is 15.8 Å². The number of benzene rings is 1. The highest BCUT2D eigenvalue weighted by molar-refractivity contribution is 5.27. The van der Waals surface area contributed by atoms with Gasteiger partial charge in [-0.15, -0.1) is 5.10 Å². The van der Waals surface area contributed by atoms with Gasteiger partial charge >= 0.3 is 0 Å². The van der Waals surface area contributed by atoms with Gasteiger partial charge in [0.25, 0.3) is 0 Å². The molecule has 0 unspecified atom stereocenters. The van der Waals surface area contributed by atoms with Gasteiger partial charge in [-0.2, -0.15) is 4.98 Å². The topological polar surface area (TPSA) is 88.8 Å². The minimum Gasteiger partial charge on any atom is -0.497 e. The standard InChI is InChI=1S/C14H21N5O/c1-10(16-9-13-17-14(15)19-18-13)3-4-11-5-7-12(20-2)8-6-11/h5-8,10,16H,3-4,9H2,1-2H3,(H3,15,17,18,19)/t10-/m0/s1. The predicted octanol–water partition coefficient (Wildman–Crippen LogP) is 1.51. The summed E-state index contributed by atoms with van der Waals surface area (Å²) in [5.74, 6) is 1.94. The predicted molar refractivity (Wildman–Crippen MR) is 78.4 cm³/mol. The number of nitrogens with one attached hydrogen (secondary N) is 2. The highest BCUT2D eigenvalue weighted by Crippen LogP contribution is 2.13. The molecule has 0 saturated carbocycles. The van der Waals surface area contributed by atoms with Crippen molar-refractivity contribution in [3.63, 3.8) is 0 Å². The molecule has 2 rings (SSSR count). The zero-order valence-corrected chi connectivity index (χ0v) is 11.9. The number of nitrogen functional groups attached to an aromatic ring is 1. The van der Waals surface area contributed by atoms with E-state index in [1.54, 1.807) is 7.11 Å². The molecule has 108 valence electrons. The number of methoxy groups -OCH3 is 1. The van der Waals surface area contributed by atoms with E-state index in [2.05, 4.69) is 39.6 Å². The maximum Gasteiger partial charge on any atom is 0.239 e. The number of H-pyrrole nitrogens is 1. The van der Waals surface area contributed by atoms with Crippen LogP contribution in [-0.4, -0.2) is 28.3 Å². The van der Waals surface area contributed by atoms with E-state index in [1.165, 1.54) is 5.56 Å². The van der Waals surface area contributed by atoms with Crippen molar-refractivity contribution in [3.05, 3.63) is 35.7 Å². The molecule has 0 aliphatic rings. The van der Waals surface area contributed by atoms with Crippen molar-refractivity contribution in [1.82, 2.24) is 20.5 Å². The maximum atomic E-state index is 5.45. The van der Waals surface area contributed by atoms with Crippen molar-refractivity contribution in [2.45, 2.75) is 32.4 Å². The number of anilines is 1. The third-order valence-electron chi connectivity index (χ3n) is 3.19. The molecule has 0 bridgehead atoms. The molecule has 0 spiro atoms. The Bertz CT molecular complexity index is 523. The summed E-state index contributed by atoms with van der Waals surface area (Å²) >= 11 is 0. The summed E-state index contributed by atoms with van der Waals surface area (Å²) in [4.78, 5) is 4.05. The van der Waals surface area contributed by atoms with E-state index in [4.69, 9.17) is 10.5 Å². The van der Waals surface area contributed by atoms with E-state index >= 15 is 0 Å². The van der Waals surface area contributed by atoms with Crippen molar-refractivity contribution in [3.8, 4) is 5.75 Å². The van der Waals surface area contributed by atoms with Crippen molar-refractivity contribution in [2.75, 3.05) is 12.8 Å². The summed E-state index contributed by atoms with van der Waals surface area (Å²) in [5, 5.41) is 9.97. The lowest BCUT2D eigenvalue weighted by molar-refractivity contribution is 0.414. The number of aromatic amines is 1. The molecule has 1 aromatic heterocycles. The summed E-state index contributed by atoms with van der Waals surface area (Å²) in [7, 11) is 1.68. The molecular formula is C14H21N5O. The second-order valence-corrected chi connectivity index (χ2v) is 4.81. The van der Waals surface area contributed by atoms with Gasteiger partial charge in [-0.05, 0) is 37.5 Å². The molecule has 2 aromatic rings. The van der Waals surface area contributed by atoms with Crippen LogP contribution in [0.3, 0.4) is 0 Å². The molecule has 0 radical (unpaired) electrons. The fourth-order valence-electron chi connectivity index (χ4n) is 1.94. The molecule has 0 aliphatic heterocycles. The normalized spacial score (nSPS) is 12.3. The third-order valence-corrected chi connectivity index (χ3v) is 3.19. The molecule has 4 N–H and O–H groups in total. The van der Waals surface area contributed by atoms with Crippen LogP contribution >= 0.6 is 0 Å². The van der Waals surface area contributed by atoms with Crippen molar-refractivity contribution in [2.24, 2.45) is 0 Å². The molecular weight excluding hydrogens is 254 g/mol. The molecule has 6 heteroatoms. The van der Waals surface area contributed by atoms with Crippen molar-refractivity contribution in [1.29, 1.82) is 0 Å². The van der Waals surface area contributed by atoms with Crippen molar-refractivity contribution >= 4 is 5.95 Å². The van der Waals surface area contributed by atoms with E-state index in [1.807, 2.05) is 12.1 Å². The van der Waals surface area contributed by atoms with E-state index < -0.39 is 0 Å². The number of rotatable bonds is 7. The summed E-state index contributed by atoms with van der Waals surface area (Å²) in [6.45, 7) is 2.80. The first-order valence-electron chi connectivity index (χ1n) is 6.70. The van der Waals surface area contributed by atoms with Crippen LogP contribution in [0.1, 0.15) is 24.7 Å². The second kappa shape index (κ2) is 6.91. The van der Waals surface area contributed by atoms with Gasteiger partial charge in [0.1, 0.15) is 11.6 Å². The zero-order chi connectivity index (χ0) is 14.4. The van der Waals surface area contributed by atoms with Crippen molar-refractivity contribution < 1.29 is 4.74 Å². The summed E-state index contributed by atoms with van der Waals surface area (Å²) in [5.41, 5.74) is 6.76. The Kier molecular flexibility index (Phi) is 4.95. The molecule has 1 heterocycles. The average molecular weight is 275 g/mol. The maximum absolute atomic E-state index is 5.45. The van der Waals surface area contributed by atoms with Gasteiger partial charge in [-0.1, -0.05) is 12.1 Å². The van der Waals surface area contributed by atoms with Gasteiger partial charge in [0, 0.05) is 6.04 Å². The Balaban J connectivity index is 1.72. The number of aromatic nitrogens is 3. The van der Waals surface area contributed by atoms with Gasteiger partial charge < -0.3 is 15.8 Å². The van der Waals surface area contributed by atoms with E-state index in [0.717, 1.165) is 24.4 Å². The highest BCUT2D eigenvalue weighted by Gasteiger charge is 2.05. The van der Waals surface area contributed by atoms with Gasteiger partial charge in [0.05, 0.1) is 13.7 Å². The lowest BCUT2D eigenvalue weighted by Crippen LogP contribution is -2.26. The summed E-state index contributed by atoms with van der Waals surface area (Å²) in [6, 6.07) is 8.57. The SMILES string of the molecule is COc1ccc(CC[C@H](C)NCc2nc(N)n[nH]2)cc1. The zero-order valence-electron chi connectivity index (χ0n) is 11.9. The largest absolute Gasteiger partial charge is 0.497 e. The first-order valence-corrected chi connectivity index (χ1v) is 6.70. The smallest absolute Gasteiger partial charge is 0.239 e. The van der Waals surface area contributed by atoms with Crippen LogP contribution in [0, 0.1) is 0 Å². The summed E-state index contributed by atoms with van der Waals surface area (Å²) < 4.78 is 5.15. The van der Waals surface area contributed by atoms with Crippen LogP contribution in [-0.2, 0) is 13.0 Å². The van der Waals surface area contributed by atoms with Crippen LogP contribution in [0.15, 0.2) is 24.3 Å². The monoisotopic (exact) mass is 275 g/mol. The minimum atomic E-state index is 0.285. The fourth-order valence-corrected chi connectivity index (χ4v) is 1.94. The molecule has 0 saturated heterocycles. The van der Waals surface area contributed by atoms with Crippen LogP contribution in [0.5, 0.6) is 5.75 Å². The van der Waals surface area contributed by atoms with Gasteiger partial charge in [-0.3, -0.25) is 5.10 Å². The lowest BCUT2D eigenvalue weighted by Gasteiger charge is -2.12. The molecule has 0 aliphatic carbocycles. The van der Waals surface area contributed by atoms with Gasteiger partial charge in [-0.25, -0.2) is 0 Å². The minimum absolute atomic E-state index is 0.285. The molecule has 20 heavy (non-hydrogen) atoms. The molecule has 0 amide bonds. The number of nitrogens with zero attached hydrogens (tertiary/aromatic N) is 2. The van der Waals surface area contributed by atoms with Crippen LogP contribution in [0.4, 0.5) is 5.95 Å². The second-order valence-electron chi connectivity index (χ2n) is 4.81. The number of hydrogen-bond donors (Lipinski definition) is 3. The Morgan fingerprint density at radius 3 is 2.70 bits per heavy atom. The number of ether oxygens (including phenoxy) is 1. The molecule has 1 atom stereocenters. The number of hydrogen-bond acceptors (Lipinski definition) is 5. The van der Waals surface area contributed by atoms with Crippen LogP contribution in [0.25, 0.3) is 0 Å². The molecule has 1 aromatic carbocycles. The number of aryl methyl sites for hydroxylation is 1. The quantitative estimate of drug-likeness (QED) is 0.712. The highest BCUT2D eigenvalue weighted by atomic mass is 16.5. The van der Waals surface area contributed by atoms with E-state index in [-0.39, 0.29) is 5.95 Å². The Morgan fingerprint density at radius 2 is 2.10 bits per heavy atom. The van der Waals surface area contributed by atoms with E-state index in [9.17, 15) is 0 Å².